The minimum atomic E-state index is -0.444. The molecule has 0 bridgehead atoms. The van der Waals surface area contributed by atoms with E-state index in [2.05, 4.69) is 10.6 Å². The van der Waals surface area contributed by atoms with E-state index in [1.165, 1.54) is 12.8 Å². The summed E-state index contributed by atoms with van der Waals surface area (Å²) in [5, 5.41) is 14.8. The SMILES string of the molecule is O=C(CC1CCCC1)NCC(=O)N[C@H](CO)c1ccccc1. The van der Waals surface area contributed by atoms with Crippen molar-refractivity contribution in [3.05, 3.63) is 35.9 Å². The van der Waals surface area contributed by atoms with Gasteiger partial charge in [-0.15, -0.1) is 0 Å². The molecule has 1 atom stereocenters. The highest BCUT2D eigenvalue weighted by atomic mass is 16.3. The van der Waals surface area contributed by atoms with E-state index in [0.717, 1.165) is 18.4 Å². The highest BCUT2D eigenvalue weighted by Crippen LogP contribution is 2.27. The molecule has 1 fully saturated rings. The van der Waals surface area contributed by atoms with Gasteiger partial charge < -0.3 is 15.7 Å². The van der Waals surface area contributed by atoms with Gasteiger partial charge in [-0.25, -0.2) is 0 Å². The lowest BCUT2D eigenvalue weighted by molar-refractivity contribution is -0.127. The minimum absolute atomic E-state index is 0.0467. The van der Waals surface area contributed by atoms with Crippen LogP contribution in [0.3, 0.4) is 0 Å². The van der Waals surface area contributed by atoms with Gasteiger partial charge in [0.15, 0.2) is 0 Å². The average Bonchev–Trinajstić information content (AvgIpc) is 3.04. The number of hydrogen-bond donors (Lipinski definition) is 3. The topological polar surface area (TPSA) is 78.4 Å². The standard InChI is InChI=1S/C17H24N2O3/c20-12-15(14-8-2-1-3-9-14)19-17(22)11-18-16(21)10-13-6-4-5-7-13/h1-3,8-9,13,15,20H,4-7,10-12H2,(H,18,21)(H,19,22)/t15-/m1/s1. The van der Waals surface area contributed by atoms with Crippen molar-refractivity contribution in [2.45, 2.75) is 38.1 Å². The second-order valence-corrected chi connectivity index (χ2v) is 5.84. The summed E-state index contributed by atoms with van der Waals surface area (Å²) in [5.74, 6) is 0.113. The number of aliphatic hydroxyl groups is 1. The van der Waals surface area contributed by atoms with Crippen molar-refractivity contribution >= 4 is 11.8 Å². The van der Waals surface area contributed by atoms with E-state index in [1.807, 2.05) is 30.3 Å². The quantitative estimate of drug-likeness (QED) is 0.715. The molecule has 0 saturated heterocycles. The fourth-order valence-electron chi connectivity index (χ4n) is 2.89. The Balaban J connectivity index is 1.73. The van der Waals surface area contributed by atoms with Gasteiger partial charge >= 0.3 is 0 Å². The minimum Gasteiger partial charge on any atom is -0.394 e. The predicted molar refractivity (Wildman–Crippen MR) is 84.0 cm³/mol. The third kappa shape index (κ3) is 5.15. The van der Waals surface area contributed by atoms with E-state index in [9.17, 15) is 14.7 Å². The molecule has 0 radical (unpaired) electrons. The maximum Gasteiger partial charge on any atom is 0.239 e. The molecule has 0 aliphatic heterocycles. The molecule has 1 saturated carbocycles. The largest absolute Gasteiger partial charge is 0.394 e. The van der Waals surface area contributed by atoms with Gasteiger partial charge in [-0.2, -0.15) is 0 Å². The third-order valence-electron chi connectivity index (χ3n) is 4.11. The van der Waals surface area contributed by atoms with Crippen LogP contribution in [0.4, 0.5) is 0 Å². The first-order valence-corrected chi connectivity index (χ1v) is 7.91. The fraction of sp³-hybridized carbons (Fsp3) is 0.529. The molecule has 0 heterocycles. The second-order valence-electron chi connectivity index (χ2n) is 5.84. The van der Waals surface area contributed by atoms with Crippen molar-refractivity contribution < 1.29 is 14.7 Å². The van der Waals surface area contributed by atoms with E-state index >= 15 is 0 Å². The molecule has 0 aromatic heterocycles. The number of aliphatic hydroxyl groups excluding tert-OH is 1. The number of amides is 2. The Hall–Kier alpha value is -1.88. The molecule has 0 unspecified atom stereocenters. The van der Waals surface area contributed by atoms with Gasteiger partial charge in [0.2, 0.25) is 11.8 Å². The van der Waals surface area contributed by atoms with Gasteiger partial charge in [0.05, 0.1) is 19.2 Å². The Morgan fingerprint density at radius 1 is 1.14 bits per heavy atom. The summed E-state index contributed by atoms with van der Waals surface area (Å²) < 4.78 is 0. The van der Waals surface area contributed by atoms with Crippen molar-refractivity contribution in [2.75, 3.05) is 13.2 Å². The summed E-state index contributed by atoms with van der Waals surface area (Å²) in [6, 6.07) is 8.84. The number of carbonyl (C=O) groups is 2. The Bertz CT molecular complexity index is 484. The lowest BCUT2D eigenvalue weighted by Crippen LogP contribution is -2.40. The summed E-state index contributed by atoms with van der Waals surface area (Å²) in [6.07, 6.45) is 5.14. The summed E-state index contributed by atoms with van der Waals surface area (Å²) in [7, 11) is 0. The van der Waals surface area contributed by atoms with E-state index < -0.39 is 6.04 Å². The van der Waals surface area contributed by atoms with Crippen LogP contribution in [0.5, 0.6) is 0 Å². The molecule has 120 valence electrons. The summed E-state index contributed by atoms with van der Waals surface area (Å²) in [4.78, 5) is 23.7. The number of carbonyl (C=O) groups excluding carboxylic acids is 2. The highest BCUT2D eigenvalue weighted by molar-refractivity contribution is 5.85. The van der Waals surface area contributed by atoms with Crippen molar-refractivity contribution in [3.8, 4) is 0 Å². The fourth-order valence-corrected chi connectivity index (χ4v) is 2.89. The molecular formula is C17H24N2O3. The first-order valence-electron chi connectivity index (χ1n) is 7.91. The maximum atomic E-state index is 11.9. The average molecular weight is 304 g/mol. The Kier molecular flexibility index (Phi) is 6.40. The normalized spacial score (nSPS) is 16.2. The molecule has 1 aromatic carbocycles. The number of nitrogens with one attached hydrogen (secondary N) is 2. The molecule has 0 spiro atoms. The number of hydrogen-bond acceptors (Lipinski definition) is 3. The van der Waals surface area contributed by atoms with Crippen molar-refractivity contribution in [1.82, 2.24) is 10.6 Å². The van der Waals surface area contributed by atoms with E-state index in [1.54, 1.807) is 0 Å². The van der Waals surface area contributed by atoms with Crippen molar-refractivity contribution in [2.24, 2.45) is 5.92 Å². The van der Waals surface area contributed by atoms with Crippen molar-refractivity contribution in [3.63, 3.8) is 0 Å². The van der Waals surface area contributed by atoms with Crippen LogP contribution in [0.15, 0.2) is 30.3 Å². The number of benzene rings is 1. The lowest BCUT2D eigenvalue weighted by Gasteiger charge is -2.17. The van der Waals surface area contributed by atoms with Crippen LogP contribution in [0.25, 0.3) is 0 Å². The van der Waals surface area contributed by atoms with Gasteiger partial charge in [-0.3, -0.25) is 9.59 Å². The van der Waals surface area contributed by atoms with E-state index in [0.29, 0.717) is 12.3 Å². The van der Waals surface area contributed by atoms with Crippen LogP contribution in [0.1, 0.15) is 43.7 Å². The Morgan fingerprint density at radius 3 is 2.45 bits per heavy atom. The summed E-state index contributed by atoms with van der Waals surface area (Å²) >= 11 is 0. The van der Waals surface area contributed by atoms with Crippen LogP contribution < -0.4 is 10.6 Å². The van der Waals surface area contributed by atoms with Crippen LogP contribution in [0, 0.1) is 5.92 Å². The van der Waals surface area contributed by atoms with Gasteiger partial charge in [0.25, 0.3) is 0 Å². The van der Waals surface area contributed by atoms with Crippen LogP contribution >= 0.6 is 0 Å². The lowest BCUT2D eigenvalue weighted by atomic mass is 10.0. The summed E-state index contributed by atoms with van der Waals surface area (Å²) in [5.41, 5.74) is 0.843. The van der Waals surface area contributed by atoms with Gasteiger partial charge in [-0.05, 0) is 24.3 Å². The van der Waals surface area contributed by atoms with Crippen LogP contribution in [0.2, 0.25) is 0 Å². The highest BCUT2D eigenvalue weighted by Gasteiger charge is 2.19. The Labute approximate surface area is 131 Å². The molecule has 3 N–H and O–H groups in total. The molecule has 1 aliphatic rings. The first-order chi connectivity index (χ1) is 10.7. The molecular weight excluding hydrogens is 280 g/mol. The van der Waals surface area contributed by atoms with Gasteiger partial charge in [0, 0.05) is 6.42 Å². The molecule has 2 rings (SSSR count). The number of rotatable bonds is 7. The molecule has 5 heteroatoms. The molecule has 2 amide bonds. The molecule has 22 heavy (non-hydrogen) atoms. The monoisotopic (exact) mass is 304 g/mol. The van der Waals surface area contributed by atoms with Crippen LogP contribution in [-0.2, 0) is 9.59 Å². The van der Waals surface area contributed by atoms with Crippen LogP contribution in [-0.4, -0.2) is 30.1 Å². The molecule has 5 nitrogen and oxygen atoms in total. The molecule has 1 aliphatic carbocycles. The zero-order valence-electron chi connectivity index (χ0n) is 12.8. The predicted octanol–water partition coefficient (Wildman–Crippen LogP) is 1.53. The molecule has 1 aromatic rings. The van der Waals surface area contributed by atoms with Crippen molar-refractivity contribution in [1.29, 1.82) is 0 Å². The van der Waals surface area contributed by atoms with Gasteiger partial charge in [-0.1, -0.05) is 43.2 Å². The zero-order valence-corrected chi connectivity index (χ0v) is 12.8. The zero-order chi connectivity index (χ0) is 15.8. The first kappa shape index (κ1) is 16.5. The van der Waals surface area contributed by atoms with Gasteiger partial charge in [0.1, 0.15) is 0 Å². The Morgan fingerprint density at radius 2 is 1.82 bits per heavy atom. The third-order valence-corrected chi connectivity index (χ3v) is 4.11. The maximum absolute atomic E-state index is 11.9. The smallest absolute Gasteiger partial charge is 0.239 e. The van der Waals surface area contributed by atoms with E-state index in [4.69, 9.17) is 0 Å². The summed E-state index contributed by atoms with van der Waals surface area (Å²) in [6.45, 7) is -0.222. The van der Waals surface area contributed by atoms with E-state index in [-0.39, 0.29) is 25.0 Å². The second kappa shape index (κ2) is 8.54.